The molecule has 3 aliphatic rings. The lowest BCUT2D eigenvalue weighted by molar-refractivity contribution is 0.0847. The third-order valence-corrected chi connectivity index (χ3v) is 8.40. The Kier molecular flexibility index (Phi) is 4.36. The second kappa shape index (κ2) is 7.78. The molecular formula is C27H20N8OS. The molecule has 9 nitrogen and oxygen atoms in total. The number of imidazole rings is 1. The van der Waals surface area contributed by atoms with Crippen LogP contribution in [0.15, 0.2) is 55.1 Å². The van der Waals surface area contributed by atoms with E-state index in [1.807, 2.05) is 41.2 Å². The Morgan fingerprint density at radius 3 is 2.76 bits per heavy atom. The molecule has 5 aromatic heterocycles. The minimum Gasteiger partial charge on any atom is -0.295 e. The van der Waals surface area contributed by atoms with Crippen LogP contribution in [0.5, 0.6) is 0 Å². The molecule has 0 amide bonds. The van der Waals surface area contributed by atoms with Gasteiger partial charge >= 0.3 is 0 Å². The van der Waals surface area contributed by atoms with Crippen LogP contribution in [-0.4, -0.2) is 45.6 Å². The molecule has 5 aromatic rings. The Morgan fingerprint density at radius 1 is 0.946 bits per heavy atom. The van der Waals surface area contributed by atoms with E-state index in [2.05, 4.69) is 31.2 Å². The normalized spacial score (nSPS) is 14.6. The highest BCUT2D eigenvalue weighted by atomic mass is 32.1. The maximum absolute atomic E-state index is 13.9. The van der Waals surface area contributed by atoms with Gasteiger partial charge < -0.3 is 0 Å². The van der Waals surface area contributed by atoms with Crippen LogP contribution in [-0.2, 0) is 0 Å². The summed E-state index contributed by atoms with van der Waals surface area (Å²) in [4.78, 5) is 38.3. The smallest absolute Gasteiger partial charge is 0.235 e. The Bertz CT molecular complexity index is 2040. The van der Waals surface area contributed by atoms with Crippen molar-refractivity contribution in [2.24, 2.45) is 5.92 Å². The second-order valence-corrected chi connectivity index (χ2v) is 10.6. The van der Waals surface area contributed by atoms with Crippen LogP contribution in [0.2, 0.25) is 0 Å². The summed E-state index contributed by atoms with van der Waals surface area (Å²) >= 11 is 1.53. The fourth-order valence-electron chi connectivity index (χ4n) is 5.46. The van der Waals surface area contributed by atoms with Crippen molar-refractivity contribution in [1.29, 1.82) is 0 Å². The number of rotatable bonds is 1. The summed E-state index contributed by atoms with van der Waals surface area (Å²) < 4.78 is 2.77. The highest BCUT2D eigenvalue weighted by molar-refractivity contribution is 7.24. The van der Waals surface area contributed by atoms with Gasteiger partial charge in [-0.3, -0.25) is 29.5 Å². The fourth-order valence-corrected chi connectivity index (χ4v) is 6.49. The molecule has 1 fully saturated rings. The second-order valence-electron chi connectivity index (χ2n) is 9.54. The van der Waals surface area contributed by atoms with Crippen molar-refractivity contribution in [3.63, 3.8) is 0 Å². The summed E-state index contributed by atoms with van der Waals surface area (Å²) in [6, 6.07) is 9.96. The Balaban J connectivity index is 1.57. The third-order valence-electron chi connectivity index (χ3n) is 7.32. The Morgan fingerprint density at radius 2 is 1.84 bits per heavy atom. The number of carbonyl (C=O) groups is 1. The highest BCUT2D eigenvalue weighted by Gasteiger charge is 2.25. The zero-order valence-electron chi connectivity index (χ0n) is 19.6. The lowest BCUT2D eigenvalue weighted by Gasteiger charge is -2.12. The van der Waals surface area contributed by atoms with Gasteiger partial charge in [0.2, 0.25) is 5.91 Å². The van der Waals surface area contributed by atoms with Crippen LogP contribution in [0, 0.1) is 5.92 Å². The molecule has 8 rings (SSSR count). The number of pyridine rings is 3. The fraction of sp³-hybridized carbons (Fsp3) is 0.185. The van der Waals surface area contributed by atoms with Gasteiger partial charge in [0.1, 0.15) is 21.6 Å². The first-order chi connectivity index (χ1) is 18.2. The molecule has 180 valence electrons. The van der Waals surface area contributed by atoms with E-state index >= 15 is 0 Å². The molecule has 37 heavy (non-hydrogen) atoms. The third kappa shape index (κ3) is 3.15. The maximum atomic E-state index is 13.9. The molecule has 0 aromatic carbocycles. The van der Waals surface area contributed by atoms with Crippen molar-refractivity contribution in [2.45, 2.75) is 25.7 Å². The average Bonchev–Trinajstić information content (AvgIpc) is 3.73. The number of nitrogens with one attached hydrogen (secondary N) is 2. The van der Waals surface area contributed by atoms with E-state index in [0.717, 1.165) is 79.3 Å². The molecule has 2 aliphatic heterocycles. The van der Waals surface area contributed by atoms with Crippen LogP contribution in [0.1, 0.15) is 30.5 Å². The first-order valence-corrected chi connectivity index (χ1v) is 13.1. The minimum atomic E-state index is 0.0114. The van der Waals surface area contributed by atoms with E-state index in [9.17, 15) is 4.79 Å². The number of aromatic amines is 2. The number of thiophene rings is 1. The maximum Gasteiger partial charge on any atom is 0.235 e. The molecule has 0 saturated heterocycles. The van der Waals surface area contributed by atoms with Crippen LogP contribution in [0.25, 0.3) is 64.9 Å². The lowest BCUT2D eigenvalue weighted by Crippen LogP contribution is -2.19. The van der Waals surface area contributed by atoms with Crippen LogP contribution < -0.4 is 0 Å². The molecular weight excluding hydrogens is 484 g/mol. The number of hydrogen-bond acceptors (Lipinski definition) is 7. The number of H-pyrrole nitrogens is 2. The predicted octanol–water partition coefficient (Wildman–Crippen LogP) is 6.01. The molecule has 1 saturated carbocycles. The summed E-state index contributed by atoms with van der Waals surface area (Å²) in [5.41, 5.74) is 5.91. The standard InChI is InChI=1S/C27H20N8OS/c36-27(14-3-1-2-4-14)35-17-9-15(11-28-13-17)16-10-18-22(33-34-25(18)30-12-16)26-31-19-7-8-29-24(23(19)32-26)20-5-6-21(35)37-20/h5-14,33H,1-4H2,(H,30,34). The molecule has 7 heterocycles. The van der Waals surface area contributed by atoms with E-state index in [1.165, 1.54) is 11.3 Å². The topological polar surface area (TPSA) is 118 Å². The predicted molar refractivity (Wildman–Crippen MR) is 144 cm³/mol. The first-order valence-electron chi connectivity index (χ1n) is 12.3. The first kappa shape index (κ1) is 20.7. The minimum absolute atomic E-state index is 0.0114. The average molecular weight is 505 g/mol. The van der Waals surface area contributed by atoms with Gasteiger partial charge in [0, 0.05) is 40.8 Å². The Labute approximate surface area is 213 Å². The summed E-state index contributed by atoms with van der Waals surface area (Å²) in [5, 5.41) is 8.10. The number of fused-ring (bicyclic) bond motifs is 9. The van der Waals surface area contributed by atoms with Crippen molar-refractivity contribution in [2.75, 3.05) is 0 Å². The SMILES string of the molecule is O=C(C1CCCC1)n1c2cncc(c2)c2cnc3[nH][nH]c(c4nc5ccnc(c6ccc1s6)c5n4)-c3c2. The number of carbonyl (C=O) groups excluding carboxylic acids is 1. The summed E-state index contributed by atoms with van der Waals surface area (Å²) in [6.07, 6.45) is 11.2. The number of aromatic nitrogens is 8. The van der Waals surface area contributed by atoms with Gasteiger partial charge in [-0.05, 0) is 43.2 Å². The number of nitrogens with zero attached hydrogens (tertiary/aromatic N) is 6. The van der Waals surface area contributed by atoms with Gasteiger partial charge in [-0.1, -0.05) is 12.8 Å². The quantitative estimate of drug-likeness (QED) is 0.283. The van der Waals surface area contributed by atoms with Crippen molar-refractivity contribution in [1.82, 2.24) is 39.7 Å². The Hall–Kier alpha value is -4.44. The van der Waals surface area contributed by atoms with Crippen molar-refractivity contribution in [3.05, 3.63) is 55.1 Å². The molecule has 0 atom stereocenters. The summed E-state index contributed by atoms with van der Waals surface area (Å²) in [5.74, 6) is 0.129. The molecule has 1 aliphatic carbocycles. The molecule has 0 unspecified atom stereocenters. The van der Waals surface area contributed by atoms with Crippen molar-refractivity contribution >= 4 is 70.9 Å². The largest absolute Gasteiger partial charge is 0.295 e. The summed E-state index contributed by atoms with van der Waals surface area (Å²) in [6.45, 7) is 0. The molecule has 2 N–H and O–H groups in total. The van der Waals surface area contributed by atoms with Gasteiger partial charge in [-0.15, -0.1) is 11.3 Å². The molecule has 10 heteroatoms. The van der Waals surface area contributed by atoms with Gasteiger partial charge in [-0.25, -0.2) is 15.0 Å². The molecule has 0 spiro atoms. The molecule has 0 radical (unpaired) electrons. The highest BCUT2D eigenvalue weighted by Crippen LogP contribution is 2.33. The lowest BCUT2D eigenvalue weighted by atomic mass is 10.1. The van der Waals surface area contributed by atoms with Crippen LogP contribution >= 0.6 is 11.3 Å². The van der Waals surface area contributed by atoms with E-state index in [-0.39, 0.29) is 11.8 Å². The zero-order chi connectivity index (χ0) is 24.5. The van der Waals surface area contributed by atoms with Gasteiger partial charge in [0.25, 0.3) is 0 Å². The molecule has 8 bridgehead atoms. The number of hydrogen-bond donors (Lipinski definition) is 2. The van der Waals surface area contributed by atoms with Gasteiger partial charge in [0.15, 0.2) is 11.3 Å². The van der Waals surface area contributed by atoms with Crippen LogP contribution in [0.4, 0.5) is 0 Å². The van der Waals surface area contributed by atoms with E-state index in [4.69, 9.17) is 9.97 Å². The van der Waals surface area contributed by atoms with E-state index < -0.39 is 0 Å². The summed E-state index contributed by atoms with van der Waals surface area (Å²) in [7, 11) is 0. The van der Waals surface area contributed by atoms with E-state index in [0.29, 0.717) is 11.3 Å². The van der Waals surface area contributed by atoms with Crippen LogP contribution in [0.3, 0.4) is 0 Å². The van der Waals surface area contributed by atoms with Crippen molar-refractivity contribution in [3.8, 4) is 11.3 Å². The van der Waals surface area contributed by atoms with Gasteiger partial charge in [0.05, 0.1) is 21.9 Å². The zero-order valence-corrected chi connectivity index (χ0v) is 20.4. The van der Waals surface area contributed by atoms with Gasteiger partial charge in [-0.2, -0.15) is 0 Å². The van der Waals surface area contributed by atoms with Crippen molar-refractivity contribution < 1.29 is 4.79 Å². The van der Waals surface area contributed by atoms with E-state index in [1.54, 1.807) is 12.4 Å². The monoisotopic (exact) mass is 504 g/mol.